The van der Waals surface area contributed by atoms with Gasteiger partial charge in [0.15, 0.2) is 5.13 Å². The van der Waals surface area contributed by atoms with Crippen molar-refractivity contribution in [1.29, 1.82) is 0 Å². The Morgan fingerprint density at radius 3 is 2.89 bits per heavy atom. The number of rotatable bonds is 7. The molecule has 1 fully saturated rings. The van der Waals surface area contributed by atoms with Gasteiger partial charge in [0, 0.05) is 11.5 Å². The lowest BCUT2D eigenvalue weighted by atomic mass is 10.2. The van der Waals surface area contributed by atoms with Crippen LogP contribution in [-0.4, -0.2) is 43.0 Å². The maximum Gasteiger partial charge on any atom is 0.239 e. The molecule has 5 nitrogen and oxygen atoms in total. The second-order valence-corrected chi connectivity index (χ2v) is 8.60. The zero-order chi connectivity index (χ0) is 19.3. The second-order valence-electron chi connectivity index (χ2n) is 6.54. The molecule has 1 aliphatic heterocycles. The lowest BCUT2D eigenvalue weighted by molar-refractivity contribution is -0.116. The molecule has 2 heterocycles. The van der Waals surface area contributed by atoms with Crippen molar-refractivity contribution in [2.24, 2.45) is 0 Å². The minimum atomic E-state index is 0.0439. The highest BCUT2D eigenvalue weighted by atomic mass is 32.2. The van der Waals surface area contributed by atoms with Crippen LogP contribution in [0.25, 0.3) is 10.2 Å². The second kappa shape index (κ2) is 8.94. The largest absolute Gasteiger partial charge is 0.494 e. The van der Waals surface area contributed by atoms with Crippen molar-refractivity contribution in [2.45, 2.75) is 23.8 Å². The molecule has 28 heavy (non-hydrogen) atoms. The normalized spacial score (nSPS) is 16.4. The van der Waals surface area contributed by atoms with E-state index in [0.29, 0.717) is 17.4 Å². The third-order valence-corrected chi connectivity index (χ3v) is 6.68. The van der Waals surface area contributed by atoms with E-state index in [0.717, 1.165) is 40.3 Å². The third kappa shape index (κ3) is 4.32. The molecule has 7 heteroatoms. The first-order valence-electron chi connectivity index (χ1n) is 9.28. The summed E-state index contributed by atoms with van der Waals surface area (Å²) in [4.78, 5) is 20.7. The summed E-state index contributed by atoms with van der Waals surface area (Å²) in [5.74, 6) is 1.13. The van der Waals surface area contributed by atoms with Gasteiger partial charge < -0.3 is 9.47 Å². The van der Waals surface area contributed by atoms with E-state index in [1.165, 1.54) is 11.3 Å². The van der Waals surface area contributed by atoms with Gasteiger partial charge in [0.05, 0.1) is 30.2 Å². The molecular formula is C21H22N2O3S2. The topological polar surface area (TPSA) is 51.7 Å². The third-order valence-electron chi connectivity index (χ3n) is 4.64. The molecule has 0 spiro atoms. The van der Waals surface area contributed by atoms with E-state index in [1.807, 2.05) is 48.5 Å². The fraction of sp³-hybridized carbons (Fsp3) is 0.333. The van der Waals surface area contributed by atoms with Crippen LogP contribution in [0.4, 0.5) is 5.13 Å². The van der Waals surface area contributed by atoms with Crippen molar-refractivity contribution in [3.05, 3.63) is 48.5 Å². The number of methoxy groups -OCH3 is 1. The van der Waals surface area contributed by atoms with Crippen LogP contribution in [0.2, 0.25) is 0 Å². The van der Waals surface area contributed by atoms with Crippen molar-refractivity contribution in [2.75, 3.05) is 30.9 Å². The fourth-order valence-corrected chi connectivity index (χ4v) is 5.02. The van der Waals surface area contributed by atoms with E-state index in [9.17, 15) is 4.79 Å². The standard InChI is InChI=1S/C21H22N2O3S2/c1-25-17-10-5-11-18-20(17)22-21(28-18)23(13-15-7-6-12-26-15)19(24)14-27-16-8-3-2-4-9-16/h2-5,8-11,15H,6-7,12-14H2,1H3. The molecule has 1 saturated heterocycles. The SMILES string of the molecule is COc1cccc2sc(N(CC3CCCO3)C(=O)CSc3ccccc3)nc12. The van der Waals surface area contributed by atoms with Gasteiger partial charge in [0.2, 0.25) is 5.91 Å². The highest BCUT2D eigenvalue weighted by Crippen LogP contribution is 2.35. The molecule has 0 N–H and O–H groups in total. The van der Waals surface area contributed by atoms with Gasteiger partial charge in [-0.1, -0.05) is 35.6 Å². The number of benzene rings is 2. The number of anilines is 1. The minimum Gasteiger partial charge on any atom is -0.494 e. The summed E-state index contributed by atoms with van der Waals surface area (Å²) < 4.78 is 12.2. The van der Waals surface area contributed by atoms with Crippen LogP contribution in [0.5, 0.6) is 5.75 Å². The number of thiazole rings is 1. The van der Waals surface area contributed by atoms with Crippen molar-refractivity contribution < 1.29 is 14.3 Å². The van der Waals surface area contributed by atoms with Crippen LogP contribution in [0.1, 0.15) is 12.8 Å². The number of hydrogen-bond acceptors (Lipinski definition) is 6. The Morgan fingerprint density at radius 2 is 2.14 bits per heavy atom. The summed E-state index contributed by atoms with van der Waals surface area (Å²) >= 11 is 3.06. The van der Waals surface area contributed by atoms with Crippen LogP contribution in [-0.2, 0) is 9.53 Å². The summed E-state index contributed by atoms with van der Waals surface area (Å²) in [5, 5.41) is 0.702. The van der Waals surface area contributed by atoms with E-state index < -0.39 is 0 Å². The van der Waals surface area contributed by atoms with Crippen molar-refractivity contribution >= 4 is 44.4 Å². The number of nitrogens with zero attached hydrogens (tertiary/aromatic N) is 2. The number of ether oxygens (including phenoxy) is 2. The summed E-state index contributed by atoms with van der Waals surface area (Å²) in [6.45, 7) is 1.30. The first kappa shape index (κ1) is 19.2. The summed E-state index contributed by atoms with van der Waals surface area (Å²) in [7, 11) is 1.64. The van der Waals surface area contributed by atoms with Crippen molar-refractivity contribution in [1.82, 2.24) is 4.98 Å². The Hall–Kier alpha value is -2.09. The van der Waals surface area contributed by atoms with Crippen LogP contribution >= 0.6 is 23.1 Å². The highest BCUT2D eigenvalue weighted by molar-refractivity contribution is 8.00. The predicted molar refractivity (Wildman–Crippen MR) is 115 cm³/mol. The lowest BCUT2D eigenvalue weighted by Gasteiger charge is -2.23. The number of hydrogen-bond donors (Lipinski definition) is 0. The first-order chi connectivity index (χ1) is 13.7. The van der Waals surface area contributed by atoms with Crippen LogP contribution < -0.4 is 9.64 Å². The van der Waals surface area contributed by atoms with Gasteiger partial charge in [0.25, 0.3) is 0 Å². The molecule has 2 aromatic carbocycles. The maximum atomic E-state index is 13.1. The highest BCUT2D eigenvalue weighted by Gasteiger charge is 2.26. The minimum absolute atomic E-state index is 0.0439. The number of thioether (sulfide) groups is 1. The van der Waals surface area contributed by atoms with Crippen molar-refractivity contribution in [3.63, 3.8) is 0 Å². The molecule has 0 saturated carbocycles. The van der Waals surface area contributed by atoms with E-state index in [2.05, 4.69) is 0 Å². The molecule has 1 aliphatic rings. The van der Waals surface area contributed by atoms with Gasteiger partial charge in [0.1, 0.15) is 11.3 Å². The predicted octanol–water partition coefficient (Wildman–Crippen LogP) is 4.61. The molecule has 1 amide bonds. The number of carbonyl (C=O) groups excluding carboxylic acids is 1. The number of fused-ring (bicyclic) bond motifs is 1. The van der Waals surface area contributed by atoms with Crippen LogP contribution in [0.15, 0.2) is 53.4 Å². The van der Waals surface area contributed by atoms with Gasteiger partial charge in [-0.05, 0) is 37.1 Å². The molecule has 0 radical (unpaired) electrons. The van der Waals surface area contributed by atoms with Crippen LogP contribution in [0.3, 0.4) is 0 Å². The monoisotopic (exact) mass is 414 g/mol. The van der Waals surface area contributed by atoms with E-state index in [4.69, 9.17) is 14.5 Å². The molecule has 0 bridgehead atoms. The van der Waals surface area contributed by atoms with E-state index in [1.54, 1.807) is 23.8 Å². The average Bonchev–Trinajstić information content (AvgIpc) is 3.40. The quantitative estimate of drug-likeness (QED) is 0.529. The Labute approximate surface area is 172 Å². The van der Waals surface area contributed by atoms with Crippen LogP contribution in [0, 0.1) is 0 Å². The maximum absolute atomic E-state index is 13.1. The Bertz CT molecular complexity index is 939. The molecule has 3 aromatic rings. The lowest BCUT2D eigenvalue weighted by Crippen LogP contribution is -2.38. The van der Waals surface area contributed by atoms with Gasteiger partial charge in [-0.25, -0.2) is 4.98 Å². The first-order valence-corrected chi connectivity index (χ1v) is 11.1. The Morgan fingerprint density at radius 1 is 1.29 bits per heavy atom. The van der Waals surface area contributed by atoms with Gasteiger partial charge in [-0.2, -0.15) is 0 Å². The Kier molecular flexibility index (Phi) is 6.14. The molecule has 146 valence electrons. The van der Waals surface area contributed by atoms with Gasteiger partial charge in [-0.15, -0.1) is 11.8 Å². The summed E-state index contributed by atoms with van der Waals surface area (Å²) in [6, 6.07) is 15.8. The van der Waals surface area contributed by atoms with E-state index >= 15 is 0 Å². The smallest absolute Gasteiger partial charge is 0.239 e. The molecule has 4 rings (SSSR count). The molecule has 1 atom stereocenters. The number of amides is 1. The fourth-order valence-electron chi connectivity index (χ4n) is 3.21. The summed E-state index contributed by atoms with van der Waals surface area (Å²) in [5.41, 5.74) is 0.797. The molecule has 0 aliphatic carbocycles. The molecule has 1 unspecified atom stereocenters. The zero-order valence-corrected chi connectivity index (χ0v) is 17.3. The van der Waals surface area contributed by atoms with Crippen molar-refractivity contribution in [3.8, 4) is 5.75 Å². The zero-order valence-electron chi connectivity index (χ0n) is 15.7. The number of aromatic nitrogens is 1. The summed E-state index contributed by atoms with van der Waals surface area (Å²) in [6.07, 6.45) is 2.09. The van der Waals surface area contributed by atoms with Gasteiger partial charge >= 0.3 is 0 Å². The molecular weight excluding hydrogens is 392 g/mol. The number of carbonyl (C=O) groups is 1. The average molecular weight is 415 g/mol. The Balaban J connectivity index is 1.58. The molecule has 1 aromatic heterocycles. The van der Waals surface area contributed by atoms with E-state index in [-0.39, 0.29) is 12.0 Å². The number of para-hydroxylation sites is 1. The van der Waals surface area contributed by atoms with Gasteiger partial charge in [-0.3, -0.25) is 9.69 Å².